The molecule has 31 heavy (non-hydrogen) atoms. The quantitative estimate of drug-likeness (QED) is 0.670. The molecule has 0 atom stereocenters. The monoisotopic (exact) mass is 437 g/mol. The predicted octanol–water partition coefficient (Wildman–Crippen LogP) is 4.27. The average Bonchev–Trinajstić information content (AvgIpc) is 3.01. The van der Waals surface area contributed by atoms with E-state index in [4.69, 9.17) is 11.6 Å². The number of piperidine rings is 1. The molecule has 0 unspecified atom stereocenters. The molecule has 6 heteroatoms. The molecule has 2 aliphatic heterocycles. The van der Waals surface area contributed by atoms with Gasteiger partial charge in [-0.05, 0) is 70.1 Å². The van der Waals surface area contributed by atoms with Gasteiger partial charge in [0.2, 0.25) is 0 Å². The summed E-state index contributed by atoms with van der Waals surface area (Å²) in [6.07, 6.45) is 1.91. The number of rotatable bonds is 4. The van der Waals surface area contributed by atoms with E-state index in [1.54, 1.807) is 12.1 Å². The molecule has 0 saturated carbocycles. The maximum atomic E-state index is 13.7. The Morgan fingerprint density at radius 3 is 2.23 bits per heavy atom. The van der Waals surface area contributed by atoms with Crippen LogP contribution in [0.15, 0.2) is 48.2 Å². The Morgan fingerprint density at radius 2 is 1.61 bits per heavy atom. The fraction of sp³-hybridized carbons (Fsp3) is 0.360. The van der Waals surface area contributed by atoms with Crippen LogP contribution in [0.5, 0.6) is 0 Å². The first kappa shape index (κ1) is 21.6. The minimum absolute atomic E-state index is 0.213. The van der Waals surface area contributed by atoms with Crippen molar-refractivity contribution in [2.75, 3.05) is 32.1 Å². The summed E-state index contributed by atoms with van der Waals surface area (Å²) >= 11 is 6.31. The number of nitrogens with zero attached hydrogens (tertiary/aromatic N) is 3. The van der Waals surface area contributed by atoms with Crippen LogP contribution in [0.2, 0.25) is 5.02 Å². The van der Waals surface area contributed by atoms with Crippen LogP contribution in [0, 0.1) is 13.8 Å². The van der Waals surface area contributed by atoms with Crippen LogP contribution in [0.25, 0.3) is 5.57 Å². The largest absolute Gasteiger partial charge is 0.366 e. The van der Waals surface area contributed by atoms with Gasteiger partial charge < -0.3 is 9.80 Å². The highest BCUT2D eigenvalue weighted by Crippen LogP contribution is 2.37. The topological polar surface area (TPSA) is 43.9 Å². The van der Waals surface area contributed by atoms with Gasteiger partial charge in [-0.15, -0.1) is 0 Å². The molecule has 1 saturated heterocycles. The van der Waals surface area contributed by atoms with E-state index in [9.17, 15) is 9.59 Å². The first-order valence-corrected chi connectivity index (χ1v) is 11.0. The lowest BCUT2D eigenvalue weighted by molar-refractivity contribution is -0.120. The Hall–Kier alpha value is -2.63. The third-order valence-corrected chi connectivity index (χ3v) is 6.81. The highest BCUT2D eigenvalue weighted by molar-refractivity contribution is 6.45. The van der Waals surface area contributed by atoms with Crippen LogP contribution in [0.3, 0.4) is 0 Å². The van der Waals surface area contributed by atoms with Crippen molar-refractivity contribution >= 4 is 34.7 Å². The minimum atomic E-state index is -0.302. The van der Waals surface area contributed by atoms with Crippen molar-refractivity contribution in [3.05, 3.63) is 69.9 Å². The number of carbonyl (C=O) groups is 2. The summed E-state index contributed by atoms with van der Waals surface area (Å²) in [5, 5.41) is 0.534. The number of halogens is 1. The van der Waals surface area contributed by atoms with E-state index in [0.717, 1.165) is 42.6 Å². The van der Waals surface area contributed by atoms with Crippen molar-refractivity contribution in [1.82, 2.24) is 9.80 Å². The van der Waals surface area contributed by atoms with Gasteiger partial charge in [-0.25, -0.2) is 4.90 Å². The Bertz CT molecular complexity index is 1050. The zero-order chi connectivity index (χ0) is 22.3. The molecule has 1 fully saturated rings. The zero-order valence-electron chi connectivity index (χ0n) is 18.5. The molecule has 2 heterocycles. The predicted molar refractivity (Wildman–Crippen MR) is 125 cm³/mol. The molecule has 0 spiro atoms. The highest BCUT2D eigenvalue weighted by Gasteiger charge is 2.43. The fourth-order valence-corrected chi connectivity index (χ4v) is 4.52. The molecule has 0 aromatic heterocycles. The summed E-state index contributed by atoms with van der Waals surface area (Å²) in [7, 11) is 4.05. The highest BCUT2D eigenvalue weighted by atomic mass is 35.5. The SMILES string of the molecule is Cc1ccc(C2=C(N(C)C3CCN(C)CC3)C(=O)N(c3ccc(C)c(Cl)c3)C2=O)cc1. The molecule has 2 aliphatic rings. The number of benzene rings is 2. The second-order valence-electron chi connectivity index (χ2n) is 8.61. The standard InChI is InChI=1S/C25H28ClN3O2/c1-16-5-8-18(9-6-16)22-23(28(4)19-11-13-27(3)14-12-19)25(31)29(24(22)30)20-10-7-17(2)21(26)15-20/h5-10,15,19H,11-14H2,1-4H3. The van der Waals surface area contributed by atoms with Crippen molar-refractivity contribution < 1.29 is 9.59 Å². The van der Waals surface area contributed by atoms with Crippen LogP contribution < -0.4 is 4.90 Å². The summed E-state index contributed by atoms with van der Waals surface area (Å²) in [4.78, 5) is 32.9. The van der Waals surface area contributed by atoms with Crippen LogP contribution in [0.4, 0.5) is 5.69 Å². The van der Waals surface area contributed by atoms with Crippen molar-refractivity contribution in [3.63, 3.8) is 0 Å². The maximum Gasteiger partial charge on any atom is 0.282 e. The summed E-state index contributed by atoms with van der Waals surface area (Å²) < 4.78 is 0. The van der Waals surface area contributed by atoms with Gasteiger partial charge in [0.1, 0.15) is 5.70 Å². The Morgan fingerprint density at radius 1 is 0.968 bits per heavy atom. The van der Waals surface area contributed by atoms with Gasteiger partial charge >= 0.3 is 0 Å². The lowest BCUT2D eigenvalue weighted by Gasteiger charge is -2.36. The molecule has 5 nitrogen and oxygen atoms in total. The number of hydrogen-bond acceptors (Lipinski definition) is 4. The van der Waals surface area contributed by atoms with Crippen LogP contribution in [-0.4, -0.2) is 54.8 Å². The molecule has 2 aromatic rings. The van der Waals surface area contributed by atoms with E-state index < -0.39 is 0 Å². The number of imide groups is 1. The second-order valence-corrected chi connectivity index (χ2v) is 9.02. The fourth-order valence-electron chi connectivity index (χ4n) is 4.35. The summed E-state index contributed by atoms with van der Waals surface area (Å²) in [6, 6.07) is 13.3. The zero-order valence-corrected chi connectivity index (χ0v) is 19.2. The normalized spacial score (nSPS) is 18.3. The number of hydrogen-bond donors (Lipinski definition) is 0. The maximum absolute atomic E-state index is 13.7. The number of aryl methyl sites for hydroxylation is 2. The lowest BCUT2D eigenvalue weighted by atomic mass is 9.99. The van der Waals surface area contributed by atoms with Gasteiger partial charge in [-0.2, -0.15) is 0 Å². The Labute approximate surface area is 188 Å². The Kier molecular flexibility index (Phi) is 5.91. The van der Waals surface area contributed by atoms with Gasteiger partial charge in [0.15, 0.2) is 0 Å². The summed E-state index contributed by atoms with van der Waals surface area (Å²) in [5.41, 5.74) is 4.21. The van der Waals surface area contributed by atoms with E-state index in [1.165, 1.54) is 4.90 Å². The number of amides is 2. The third-order valence-electron chi connectivity index (χ3n) is 6.40. The van der Waals surface area contributed by atoms with Gasteiger partial charge in [-0.3, -0.25) is 9.59 Å². The molecule has 2 amide bonds. The second kappa shape index (κ2) is 8.48. The summed E-state index contributed by atoms with van der Waals surface area (Å²) in [6.45, 7) is 5.85. The third kappa shape index (κ3) is 4.00. The van der Waals surface area contributed by atoms with E-state index in [2.05, 4.69) is 11.9 Å². The molecular formula is C25H28ClN3O2. The van der Waals surface area contributed by atoms with Gasteiger partial charge in [-0.1, -0.05) is 47.5 Å². The molecule has 0 N–H and O–H groups in total. The molecular weight excluding hydrogens is 410 g/mol. The van der Waals surface area contributed by atoms with Crippen LogP contribution in [-0.2, 0) is 9.59 Å². The van der Waals surface area contributed by atoms with E-state index >= 15 is 0 Å². The molecule has 0 radical (unpaired) electrons. The van der Waals surface area contributed by atoms with Crippen molar-refractivity contribution in [2.45, 2.75) is 32.7 Å². The first-order valence-electron chi connectivity index (χ1n) is 10.7. The van der Waals surface area contributed by atoms with Crippen LogP contribution >= 0.6 is 11.6 Å². The van der Waals surface area contributed by atoms with Gasteiger partial charge in [0.25, 0.3) is 11.8 Å². The average molecular weight is 438 g/mol. The van der Waals surface area contributed by atoms with Gasteiger partial charge in [0.05, 0.1) is 11.3 Å². The number of carbonyl (C=O) groups excluding carboxylic acids is 2. The smallest absolute Gasteiger partial charge is 0.282 e. The van der Waals surface area contributed by atoms with Gasteiger partial charge in [0, 0.05) is 18.1 Å². The van der Waals surface area contributed by atoms with E-state index in [0.29, 0.717) is 22.0 Å². The van der Waals surface area contributed by atoms with Crippen molar-refractivity contribution in [3.8, 4) is 0 Å². The molecule has 4 rings (SSSR count). The number of likely N-dealkylation sites (N-methyl/N-ethyl adjacent to an activating group) is 1. The van der Waals surface area contributed by atoms with E-state index in [1.807, 2.05) is 56.1 Å². The molecule has 2 aromatic carbocycles. The van der Waals surface area contributed by atoms with Crippen molar-refractivity contribution in [2.24, 2.45) is 0 Å². The number of anilines is 1. The minimum Gasteiger partial charge on any atom is -0.366 e. The van der Waals surface area contributed by atoms with Crippen molar-refractivity contribution in [1.29, 1.82) is 0 Å². The first-order chi connectivity index (χ1) is 14.8. The number of likely N-dealkylation sites (tertiary alicyclic amines) is 1. The van der Waals surface area contributed by atoms with E-state index in [-0.39, 0.29) is 17.9 Å². The lowest BCUT2D eigenvalue weighted by Crippen LogP contribution is -2.43. The Balaban J connectivity index is 1.79. The molecule has 0 aliphatic carbocycles. The van der Waals surface area contributed by atoms with Crippen LogP contribution in [0.1, 0.15) is 29.5 Å². The molecule has 162 valence electrons. The summed E-state index contributed by atoms with van der Waals surface area (Å²) in [5.74, 6) is -0.592. The molecule has 0 bridgehead atoms.